The fourth-order valence-electron chi connectivity index (χ4n) is 10.2. The van der Waals surface area contributed by atoms with Gasteiger partial charge in [0.1, 0.15) is 30.7 Å². The number of hydrogen-bond donors (Lipinski definition) is 6. The van der Waals surface area contributed by atoms with E-state index in [1.807, 2.05) is 114 Å². The number of benzene rings is 3. The van der Waals surface area contributed by atoms with Crippen LogP contribution in [-0.4, -0.2) is 139 Å². The molecule has 9 unspecified atom stereocenters. The summed E-state index contributed by atoms with van der Waals surface area (Å²) in [6.45, 7) is 14.1. The van der Waals surface area contributed by atoms with Gasteiger partial charge < -0.3 is 51.3 Å². The lowest BCUT2D eigenvalue weighted by atomic mass is 9.84. The van der Waals surface area contributed by atoms with Crippen molar-refractivity contribution in [2.45, 2.75) is 148 Å². The summed E-state index contributed by atoms with van der Waals surface area (Å²) in [5.41, 5.74) is 3.09. The third kappa shape index (κ3) is 13.5. The first-order valence-corrected chi connectivity index (χ1v) is 25.7. The van der Waals surface area contributed by atoms with Crippen LogP contribution in [0.25, 0.3) is 0 Å². The average Bonchev–Trinajstić information content (AvgIpc) is 3.79. The number of ether oxygens (including phenoxy) is 1. The number of amides is 7. The number of aryl methyl sites for hydroxylation is 1. The molecular formula is C56H79N9O8. The zero-order chi connectivity index (χ0) is 53.4. The monoisotopic (exact) mass is 1010 g/mol. The summed E-state index contributed by atoms with van der Waals surface area (Å²) in [5, 5.41) is 18.1. The van der Waals surface area contributed by atoms with E-state index in [4.69, 9.17) is 4.74 Å². The van der Waals surface area contributed by atoms with Gasteiger partial charge in [-0.2, -0.15) is 0 Å². The Hall–Kier alpha value is -6.17. The Labute approximate surface area is 431 Å². The molecule has 1 saturated heterocycles. The summed E-state index contributed by atoms with van der Waals surface area (Å²) >= 11 is 0. The number of likely N-dealkylation sites (tertiary alicyclic amines) is 1. The Bertz CT molecular complexity index is 2450. The number of hydrogen-bond acceptors (Lipinski definition) is 10. The molecule has 0 bridgehead atoms. The summed E-state index contributed by atoms with van der Waals surface area (Å²) in [4.78, 5) is 106. The minimum Gasteiger partial charge on any atom is -0.382 e. The highest BCUT2D eigenvalue weighted by molar-refractivity contribution is 5.96. The molecule has 2 aliphatic heterocycles. The smallest absolute Gasteiger partial charge is 0.246 e. The Kier molecular flexibility index (Phi) is 18.6. The Balaban J connectivity index is 1.34. The van der Waals surface area contributed by atoms with Gasteiger partial charge in [0.25, 0.3) is 0 Å². The van der Waals surface area contributed by atoms with Gasteiger partial charge in [0, 0.05) is 32.7 Å². The van der Waals surface area contributed by atoms with Gasteiger partial charge in [-0.15, -0.1) is 0 Å². The van der Waals surface area contributed by atoms with Crippen LogP contribution in [0, 0.1) is 10.8 Å². The van der Waals surface area contributed by atoms with Crippen LogP contribution in [0.15, 0.2) is 78.9 Å². The molecule has 3 aromatic carbocycles. The summed E-state index contributed by atoms with van der Waals surface area (Å²) in [7, 11) is 4.83. The summed E-state index contributed by atoms with van der Waals surface area (Å²) in [6.07, 6.45) is 2.70. The molecule has 17 heteroatoms. The Morgan fingerprint density at radius 1 is 0.699 bits per heavy atom. The molecule has 1 aliphatic carbocycles. The van der Waals surface area contributed by atoms with Crippen molar-refractivity contribution in [1.82, 2.24) is 46.6 Å². The summed E-state index contributed by atoms with van der Waals surface area (Å²) < 4.78 is 5.76. The average molecular weight is 1010 g/mol. The van der Waals surface area contributed by atoms with Crippen molar-refractivity contribution in [3.8, 4) is 0 Å². The van der Waals surface area contributed by atoms with Crippen LogP contribution in [0.1, 0.15) is 115 Å². The third-order valence-corrected chi connectivity index (χ3v) is 14.7. The zero-order valence-corrected chi connectivity index (χ0v) is 44.7. The first-order valence-electron chi connectivity index (χ1n) is 25.7. The maximum Gasteiger partial charge on any atom is 0.246 e. The molecule has 3 aliphatic rings. The van der Waals surface area contributed by atoms with Crippen molar-refractivity contribution < 1.29 is 38.3 Å². The molecule has 17 nitrogen and oxygen atoms in total. The third-order valence-electron chi connectivity index (χ3n) is 14.7. The molecule has 6 rings (SSSR count). The molecule has 1 fully saturated rings. The van der Waals surface area contributed by atoms with E-state index in [1.165, 1.54) is 21.8 Å². The predicted octanol–water partition coefficient (Wildman–Crippen LogP) is 3.71. The fraction of sp³-hybridized carbons (Fsp3) is 0.554. The van der Waals surface area contributed by atoms with Crippen LogP contribution in [-0.2, 0) is 57.7 Å². The van der Waals surface area contributed by atoms with Crippen LogP contribution >= 0.6 is 0 Å². The number of likely N-dealkylation sites (N-methyl/N-ethyl adjacent to an activating group) is 2. The van der Waals surface area contributed by atoms with Crippen LogP contribution in [0.3, 0.4) is 0 Å². The molecule has 0 radical (unpaired) electrons. The highest BCUT2D eigenvalue weighted by Crippen LogP contribution is 2.34. The van der Waals surface area contributed by atoms with E-state index in [0.717, 1.165) is 41.5 Å². The van der Waals surface area contributed by atoms with Gasteiger partial charge in [0.05, 0.1) is 30.8 Å². The molecule has 0 saturated carbocycles. The van der Waals surface area contributed by atoms with Gasteiger partial charge in [-0.3, -0.25) is 33.6 Å². The number of nitrogens with one attached hydrogen (secondary N) is 6. The molecule has 0 spiro atoms. The van der Waals surface area contributed by atoms with Crippen LogP contribution in [0.2, 0.25) is 0 Å². The highest BCUT2D eigenvalue weighted by atomic mass is 16.5. The molecule has 0 aromatic heterocycles. The molecule has 6 N–H and O–H groups in total. The SMILES string of the molecule is CNC(C)C(=O)NC(C(=O)N1CC(NC(=O)CN(C(=O)C2Cc3ccccc3CN2C(=O)C(NC(=O)C(C)NC)C(C)(C)C)C(COC)c2ccccc2)CC1C(=O)NC1CCCc2ccccc21)C(C)(C)C. The second-order valence-corrected chi connectivity index (χ2v) is 22.1. The lowest BCUT2D eigenvalue weighted by molar-refractivity contribution is -0.153. The molecular weight excluding hydrogens is 927 g/mol. The van der Waals surface area contributed by atoms with Crippen LogP contribution in [0.5, 0.6) is 0 Å². The Morgan fingerprint density at radius 2 is 1.25 bits per heavy atom. The molecule has 9 atom stereocenters. The van der Waals surface area contributed by atoms with E-state index in [1.54, 1.807) is 27.9 Å². The molecule has 73 heavy (non-hydrogen) atoms. The first-order chi connectivity index (χ1) is 34.6. The van der Waals surface area contributed by atoms with E-state index < -0.39 is 89.3 Å². The van der Waals surface area contributed by atoms with E-state index in [0.29, 0.717) is 5.56 Å². The maximum atomic E-state index is 15.7. The van der Waals surface area contributed by atoms with Crippen molar-refractivity contribution in [1.29, 1.82) is 0 Å². The predicted molar refractivity (Wildman–Crippen MR) is 279 cm³/mol. The van der Waals surface area contributed by atoms with Crippen LogP contribution in [0.4, 0.5) is 0 Å². The van der Waals surface area contributed by atoms with Gasteiger partial charge in [0.2, 0.25) is 41.4 Å². The lowest BCUT2D eigenvalue weighted by Crippen LogP contribution is -2.62. The second kappa shape index (κ2) is 24.2. The van der Waals surface area contributed by atoms with Gasteiger partial charge in [0.15, 0.2) is 0 Å². The number of rotatable bonds is 18. The number of nitrogens with zero attached hydrogens (tertiary/aromatic N) is 3. The van der Waals surface area contributed by atoms with Crippen LogP contribution < -0.4 is 31.9 Å². The number of carbonyl (C=O) groups excluding carboxylic acids is 7. The fourth-order valence-corrected chi connectivity index (χ4v) is 10.2. The van der Waals surface area contributed by atoms with Crippen molar-refractivity contribution in [2.75, 3.05) is 40.9 Å². The zero-order valence-electron chi connectivity index (χ0n) is 44.7. The van der Waals surface area contributed by atoms with E-state index in [2.05, 4.69) is 38.0 Å². The van der Waals surface area contributed by atoms with Gasteiger partial charge in [-0.05, 0) is 92.3 Å². The second-order valence-electron chi connectivity index (χ2n) is 22.1. The van der Waals surface area contributed by atoms with E-state index >= 15 is 9.59 Å². The number of carbonyl (C=O) groups is 7. The topological polar surface area (TPSA) is 211 Å². The summed E-state index contributed by atoms with van der Waals surface area (Å²) in [5.74, 6) is -3.07. The molecule has 7 amide bonds. The molecule has 396 valence electrons. The lowest BCUT2D eigenvalue weighted by Gasteiger charge is -2.43. The molecule has 2 heterocycles. The maximum absolute atomic E-state index is 15.7. The summed E-state index contributed by atoms with van der Waals surface area (Å²) in [6, 6.07) is 17.7. The van der Waals surface area contributed by atoms with Crippen molar-refractivity contribution in [2.24, 2.45) is 10.8 Å². The van der Waals surface area contributed by atoms with Crippen molar-refractivity contribution in [3.63, 3.8) is 0 Å². The van der Waals surface area contributed by atoms with Crippen molar-refractivity contribution in [3.05, 3.63) is 107 Å². The quantitative estimate of drug-likeness (QED) is 0.109. The van der Waals surface area contributed by atoms with E-state index in [9.17, 15) is 24.0 Å². The number of methoxy groups -OCH3 is 1. The number of fused-ring (bicyclic) bond motifs is 2. The van der Waals surface area contributed by atoms with Crippen molar-refractivity contribution >= 4 is 41.4 Å². The standard InChI is InChI=1S/C56H79N9O8/c1-34(57-9)49(67)61-47(55(3,4)5)53(71)63-30-39-24-16-15-23-38(39)28-44(63)52(70)65(45(33-73-11)37-21-13-12-14-22-37)32-46(66)59-40-29-43(51(69)60-42-27-19-25-36-20-17-18-26-41(36)42)64(31-40)54(72)48(56(6,7)8)62-50(68)35(2)58-10/h12-18,20-24,26,34-35,40,42-45,47-48,57-58H,19,25,27-33H2,1-11H3,(H,59,66)(H,60,69)(H,61,67)(H,62,68). The largest absolute Gasteiger partial charge is 0.382 e. The molecule has 3 aromatic rings. The normalized spacial score (nSPS) is 20.8. The Morgan fingerprint density at radius 3 is 1.82 bits per heavy atom. The van der Waals surface area contributed by atoms with Gasteiger partial charge >= 0.3 is 0 Å². The van der Waals surface area contributed by atoms with E-state index in [-0.39, 0.29) is 56.3 Å². The highest BCUT2D eigenvalue weighted by Gasteiger charge is 2.48. The van der Waals surface area contributed by atoms with Gasteiger partial charge in [-0.25, -0.2) is 0 Å². The minimum absolute atomic E-state index is 0.00714. The first kappa shape index (κ1) is 56.1. The minimum atomic E-state index is -1.09. The van der Waals surface area contributed by atoms with Gasteiger partial charge in [-0.1, -0.05) is 120 Å².